The van der Waals surface area contributed by atoms with Crippen LogP contribution in [0.5, 0.6) is 0 Å². The van der Waals surface area contributed by atoms with Crippen LogP contribution in [0.1, 0.15) is 12.8 Å². The number of nitrogens with zero attached hydrogens (tertiary/aromatic N) is 3. The van der Waals surface area contributed by atoms with E-state index in [0.717, 1.165) is 37.4 Å². The van der Waals surface area contributed by atoms with Crippen LogP contribution in [0.15, 0.2) is 18.2 Å². The second-order valence-electron chi connectivity index (χ2n) is 5.13. The number of anilines is 1. The molecule has 1 aliphatic rings. The molecule has 0 radical (unpaired) electrons. The van der Waals surface area contributed by atoms with Gasteiger partial charge in [0.15, 0.2) is 0 Å². The van der Waals surface area contributed by atoms with Crippen molar-refractivity contribution in [1.29, 1.82) is 0 Å². The summed E-state index contributed by atoms with van der Waals surface area (Å²) in [5.41, 5.74) is 1.53. The van der Waals surface area contributed by atoms with Crippen LogP contribution in [0.2, 0.25) is 0 Å². The number of aromatic nitrogens is 2. The molecule has 1 atom stereocenters. The fourth-order valence-corrected chi connectivity index (χ4v) is 2.60. The summed E-state index contributed by atoms with van der Waals surface area (Å²) < 4.78 is 0. The molecule has 0 aliphatic carbocycles. The average Bonchev–Trinajstić information content (AvgIpc) is 2.90. The summed E-state index contributed by atoms with van der Waals surface area (Å²) >= 11 is 0. The number of H-pyrrole nitrogens is 1. The smallest absolute Gasteiger partial charge is 0.271 e. The zero-order chi connectivity index (χ0) is 14.1. The number of hydrogen-bond acceptors (Lipinski definition) is 5. The van der Waals surface area contributed by atoms with Gasteiger partial charge in [0.1, 0.15) is 0 Å². The molecule has 0 amide bonds. The van der Waals surface area contributed by atoms with Gasteiger partial charge >= 0.3 is 0 Å². The third kappa shape index (κ3) is 2.32. The number of nitro groups is 1. The Morgan fingerprint density at radius 3 is 3.05 bits per heavy atom. The van der Waals surface area contributed by atoms with Crippen LogP contribution in [-0.2, 0) is 0 Å². The number of rotatable bonds is 3. The van der Waals surface area contributed by atoms with Gasteiger partial charge in [0.25, 0.3) is 5.69 Å². The first kappa shape index (κ1) is 12.9. The molecule has 1 aliphatic heterocycles. The number of likely N-dealkylation sites (N-methyl/N-ethyl adjacent to an activating group) is 1. The van der Waals surface area contributed by atoms with Gasteiger partial charge in [-0.05, 0) is 25.5 Å². The highest BCUT2D eigenvalue weighted by Gasteiger charge is 2.20. The molecule has 2 heterocycles. The number of aromatic amines is 1. The Balaban J connectivity index is 1.89. The van der Waals surface area contributed by atoms with E-state index in [1.807, 2.05) is 7.05 Å². The van der Waals surface area contributed by atoms with Crippen LogP contribution in [0.3, 0.4) is 0 Å². The maximum atomic E-state index is 10.8. The average molecular weight is 275 g/mol. The van der Waals surface area contributed by atoms with E-state index in [2.05, 4.69) is 20.2 Å². The van der Waals surface area contributed by atoms with Gasteiger partial charge in [-0.2, -0.15) is 0 Å². The van der Waals surface area contributed by atoms with Gasteiger partial charge in [-0.3, -0.25) is 10.1 Å². The van der Waals surface area contributed by atoms with Gasteiger partial charge in [0.05, 0.1) is 16.0 Å². The molecule has 1 aromatic carbocycles. The molecular weight excluding hydrogens is 258 g/mol. The quantitative estimate of drug-likeness (QED) is 0.657. The second kappa shape index (κ2) is 5.09. The van der Waals surface area contributed by atoms with Crippen LogP contribution in [0.4, 0.5) is 11.6 Å². The van der Waals surface area contributed by atoms with Crippen molar-refractivity contribution in [3.63, 3.8) is 0 Å². The first-order chi connectivity index (χ1) is 9.65. The summed E-state index contributed by atoms with van der Waals surface area (Å²) in [5.74, 6) is 0.759. The third-order valence-corrected chi connectivity index (χ3v) is 3.82. The topological polar surface area (TPSA) is 87.1 Å². The Morgan fingerprint density at radius 1 is 1.50 bits per heavy atom. The van der Waals surface area contributed by atoms with Crippen molar-refractivity contribution in [2.45, 2.75) is 18.9 Å². The van der Waals surface area contributed by atoms with Crippen molar-refractivity contribution in [3.8, 4) is 0 Å². The Labute approximate surface area is 116 Å². The summed E-state index contributed by atoms with van der Waals surface area (Å²) in [6, 6.07) is 5.09. The molecule has 1 aromatic heterocycles. The number of fused-ring (bicyclic) bond motifs is 1. The molecule has 1 fully saturated rings. The van der Waals surface area contributed by atoms with E-state index in [0.29, 0.717) is 11.6 Å². The highest BCUT2D eigenvalue weighted by Crippen LogP contribution is 2.23. The van der Waals surface area contributed by atoms with Crippen molar-refractivity contribution in [1.82, 2.24) is 15.3 Å². The highest BCUT2D eigenvalue weighted by molar-refractivity contribution is 5.80. The van der Waals surface area contributed by atoms with Gasteiger partial charge in [0, 0.05) is 31.8 Å². The van der Waals surface area contributed by atoms with Crippen molar-refractivity contribution in [2.75, 3.05) is 25.0 Å². The summed E-state index contributed by atoms with van der Waals surface area (Å²) in [5, 5.41) is 14.2. The Bertz CT molecular complexity index is 633. The van der Waals surface area contributed by atoms with Crippen LogP contribution < -0.4 is 10.2 Å². The third-order valence-electron chi connectivity index (χ3n) is 3.82. The fourth-order valence-electron chi connectivity index (χ4n) is 2.60. The second-order valence-corrected chi connectivity index (χ2v) is 5.13. The zero-order valence-corrected chi connectivity index (χ0v) is 11.3. The highest BCUT2D eigenvalue weighted by atomic mass is 16.6. The molecule has 7 nitrogen and oxygen atoms in total. The van der Waals surface area contributed by atoms with Gasteiger partial charge in [-0.25, -0.2) is 4.98 Å². The summed E-state index contributed by atoms with van der Waals surface area (Å²) in [6.07, 6.45) is 2.28. The van der Waals surface area contributed by atoms with E-state index in [1.165, 1.54) is 12.1 Å². The van der Waals surface area contributed by atoms with Crippen LogP contribution in [0.25, 0.3) is 11.0 Å². The number of nitrogens with one attached hydrogen (secondary N) is 2. The normalized spacial score (nSPS) is 19.1. The minimum Gasteiger partial charge on any atom is -0.341 e. The standard InChI is InChI=1S/C13H17N5O2/c1-17(10-3-2-6-14-8-10)13-15-11-5-4-9(18(19)20)7-12(11)16-13/h4-5,7,10,14H,2-3,6,8H2,1H3,(H,15,16)/t10-/m1/s1. The summed E-state index contributed by atoms with van der Waals surface area (Å²) in [6.45, 7) is 2.00. The molecule has 7 heteroatoms. The molecule has 0 bridgehead atoms. The molecule has 2 aromatic rings. The van der Waals surface area contributed by atoms with Crippen molar-refractivity contribution >= 4 is 22.7 Å². The number of benzene rings is 1. The largest absolute Gasteiger partial charge is 0.341 e. The molecular formula is C13H17N5O2. The van der Waals surface area contributed by atoms with E-state index in [-0.39, 0.29) is 5.69 Å². The molecule has 3 rings (SSSR count). The van der Waals surface area contributed by atoms with Gasteiger partial charge < -0.3 is 15.2 Å². The predicted octanol–water partition coefficient (Wildman–Crippen LogP) is 1.66. The van der Waals surface area contributed by atoms with E-state index < -0.39 is 4.92 Å². The first-order valence-electron chi connectivity index (χ1n) is 6.73. The Kier molecular flexibility index (Phi) is 3.27. The van der Waals surface area contributed by atoms with Gasteiger partial charge in [-0.1, -0.05) is 0 Å². The van der Waals surface area contributed by atoms with Crippen LogP contribution in [0, 0.1) is 10.1 Å². The predicted molar refractivity (Wildman–Crippen MR) is 77.0 cm³/mol. The van der Waals surface area contributed by atoms with E-state index in [1.54, 1.807) is 6.07 Å². The Hall–Kier alpha value is -2.15. The molecule has 2 N–H and O–H groups in total. The fraction of sp³-hybridized carbons (Fsp3) is 0.462. The maximum absolute atomic E-state index is 10.8. The number of hydrogen-bond donors (Lipinski definition) is 2. The van der Waals surface area contributed by atoms with Gasteiger partial charge in [-0.15, -0.1) is 0 Å². The number of non-ortho nitro benzene ring substituents is 1. The van der Waals surface area contributed by atoms with Crippen molar-refractivity contribution < 1.29 is 4.92 Å². The lowest BCUT2D eigenvalue weighted by molar-refractivity contribution is -0.384. The SMILES string of the molecule is CN(c1nc2ccc([N+](=O)[O-])cc2[nH]1)[C@@H]1CCCNC1. The molecule has 0 unspecified atom stereocenters. The van der Waals surface area contributed by atoms with Crippen molar-refractivity contribution in [3.05, 3.63) is 28.3 Å². The molecule has 1 saturated heterocycles. The molecule has 20 heavy (non-hydrogen) atoms. The molecule has 106 valence electrons. The van der Waals surface area contributed by atoms with Crippen molar-refractivity contribution in [2.24, 2.45) is 0 Å². The minimum atomic E-state index is -0.394. The van der Waals surface area contributed by atoms with Gasteiger partial charge in [0.2, 0.25) is 5.95 Å². The Morgan fingerprint density at radius 2 is 2.35 bits per heavy atom. The van der Waals surface area contributed by atoms with E-state index in [9.17, 15) is 10.1 Å². The lowest BCUT2D eigenvalue weighted by Crippen LogP contribution is -2.44. The number of imidazole rings is 1. The van der Waals surface area contributed by atoms with Crippen LogP contribution >= 0.6 is 0 Å². The monoisotopic (exact) mass is 275 g/mol. The molecule has 0 spiro atoms. The van der Waals surface area contributed by atoms with E-state index in [4.69, 9.17) is 0 Å². The lowest BCUT2D eigenvalue weighted by atomic mass is 10.1. The number of nitro benzene ring substituents is 1. The zero-order valence-electron chi connectivity index (χ0n) is 11.3. The maximum Gasteiger partial charge on any atom is 0.271 e. The van der Waals surface area contributed by atoms with E-state index >= 15 is 0 Å². The first-order valence-corrected chi connectivity index (χ1v) is 6.73. The number of piperidine rings is 1. The lowest BCUT2D eigenvalue weighted by Gasteiger charge is -2.31. The summed E-state index contributed by atoms with van der Waals surface area (Å²) in [7, 11) is 2.00. The molecule has 0 saturated carbocycles. The minimum absolute atomic E-state index is 0.0784. The van der Waals surface area contributed by atoms with Crippen LogP contribution in [-0.4, -0.2) is 41.1 Å². The summed E-state index contributed by atoms with van der Waals surface area (Å²) in [4.78, 5) is 20.2.